The fourth-order valence-corrected chi connectivity index (χ4v) is 1.99. The molecule has 2 rings (SSSR count). The summed E-state index contributed by atoms with van der Waals surface area (Å²) < 4.78 is 5.72. The molecule has 1 aliphatic rings. The first-order valence-electron chi connectivity index (χ1n) is 6.68. The molecule has 1 aliphatic carbocycles. The number of rotatable bonds is 6. The smallest absolute Gasteiger partial charge is 0.122 e. The van der Waals surface area contributed by atoms with Crippen LogP contribution in [0.1, 0.15) is 29.5 Å². The van der Waals surface area contributed by atoms with Crippen LogP contribution in [0, 0.1) is 20.8 Å². The molecule has 19 heavy (non-hydrogen) atoms. The Balaban J connectivity index is 0.00000180. The average Bonchev–Trinajstić information content (AvgIpc) is 3.13. The number of hydrogen-bond donors (Lipinski definition) is 2. The monoisotopic (exact) mass is 285 g/mol. The molecule has 0 amide bonds. The van der Waals surface area contributed by atoms with Gasteiger partial charge in [0, 0.05) is 12.6 Å². The zero-order valence-electron chi connectivity index (χ0n) is 11.9. The lowest BCUT2D eigenvalue weighted by atomic mass is 10.1. The van der Waals surface area contributed by atoms with Crippen molar-refractivity contribution in [2.75, 3.05) is 13.2 Å². The van der Waals surface area contributed by atoms with E-state index in [2.05, 4.69) is 32.2 Å². The molecule has 0 saturated heterocycles. The van der Waals surface area contributed by atoms with Crippen LogP contribution < -0.4 is 10.1 Å². The van der Waals surface area contributed by atoms with Crippen LogP contribution in [0.5, 0.6) is 5.75 Å². The zero-order chi connectivity index (χ0) is 13.1. The normalized spacial score (nSPS) is 15.8. The largest absolute Gasteiger partial charge is 0.491 e. The Morgan fingerprint density at radius 2 is 2.00 bits per heavy atom. The van der Waals surface area contributed by atoms with Gasteiger partial charge >= 0.3 is 0 Å². The van der Waals surface area contributed by atoms with Gasteiger partial charge in [0.15, 0.2) is 0 Å². The Hall–Kier alpha value is -0.770. The quantitative estimate of drug-likeness (QED) is 0.844. The maximum absolute atomic E-state index is 9.83. The van der Waals surface area contributed by atoms with Crippen molar-refractivity contribution < 1.29 is 9.84 Å². The molecule has 1 fully saturated rings. The molecular weight excluding hydrogens is 262 g/mol. The van der Waals surface area contributed by atoms with Gasteiger partial charge in [0.1, 0.15) is 18.5 Å². The number of benzene rings is 1. The lowest BCUT2D eigenvalue weighted by molar-refractivity contribution is 0.105. The van der Waals surface area contributed by atoms with Gasteiger partial charge in [-0.2, -0.15) is 0 Å². The van der Waals surface area contributed by atoms with Gasteiger partial charge < -0.3 is 15.2 Å². The second-order valence-electron chi connectivity index (χ2n) is 5.35. The number of ether oxygens (including phenoxy) is 1. The number of halogens is 1. The summed E-state index contributed by atoms with van der Waals surface area (Å²) in [6.45, 7) is 7.17. The minimum Gasteiger partial charge on any atom is -0.491 e. The van der Waals surface area contributed by atoms with Crippen molar-refractivity contribution in [2.24, 2.45) is 0 Å². The van der Waals surface area contributed by atoms with Crippen LogP contribution in [0.25, 0.3) is 0 Å². The van der Waals surface area contributed by atoms with Gasteiger partial charge in [-0.1, -0.05) is 6.07 Å². The van der Waals surface area contributed by atoms with Crippen LogP contribution in [0.4, 0.5) is 0 Å². The van der Waals surface area contributed by atoms with Crippen molar-refractivity contribution in [1.82, 2.24) is 5.32 Å². The number of hydrogen-bond acceptors (Lipinski definition) is 3. The lowest BCUT2D eigenvalue weighted by Gasteiger charge is -2.16. The molecule has 0 spiro atoms. The third-order valence-electron chi connectivity index (χ3n) is 3.41. The Morgan fingerprint density at radius 1 is 1.32 bits per heavy atom. The summed E-state index contributed by atoms with van der Waals surface area (Å²) in [4.78, 5) is 0. The molecular formula is C15H24ClNO2. The first kappa shape index (κ1) is 16.3. The molecule has 0 aliphatic heterocycles. The van der Waals surface area contributed by atoms with Crippen LogP contribution in [0.3, 0.4) is 0 Å². The molecule has 0 aromatic heterocycles. The Labute approximate surface area is 121 Å². The summed E-state index contributed by atoms with van der Waals surface area (Å²) in [6, 6.07) is 4.80. The highest BCUT2D eigenvalue weighted by molar-refractivity contribution is 5.85. The average molecular weight is 286 g/mol. The molecule has 2 N–H and O–H groups in total. The maximum atomic E-state index is 9.83. The van der Waals surface area contributed by atoms with Gasteiger partial charge in [0.05, 0.1) is 0 Å². The summed E-state index contributed by atoms with van der Waals surface area (Å²) in [7, 11) is 0. The molecule has 108 valence electrons. The van der Waals surface area contributed by atoms with E-state index >= 15 is 0 Å². The number of aliphatic hydroxyl groups is 1. The Morgan fingerprint density at radius 3 is 2.63 bits per heavy atom. The van der Waals surface area contributed by atoms with E-state index in [-0.39, 0.29) is 12.4 Å². The van der Waals surface area contributed by atoms with Gasteiger partial charge in [-0.3, -0.25) is 0 Å². The van der Waals surface area contributed by atoms with E-state index in [1.165, 1.54) is 24.0 Å². The fourth-order valence-electron chi connectivity index (χ4n) is 1.99. The van der Waals surface area contributed by atoms with Crippen molar-refractivity contribution in [3.8, 4) is 5.75 Å². The standard InChI is InChI=1S/C15H23NO2.ClH/c1-10-6-11(2)12(3)15(7-10)18-9-14(17)8-16-13-4-5-13;/h6-7,13-14,16-17H,4-5,8-9H2,1-3H3;1H. The number of aliphatic hydroxyl groups excluding tert-OH is 1. The van der Waals surface area contributed by atoms with E-state index in [0.717, 1.165) is 11.3 Å². The molecule has 1 unspecified atom stereocenters. The summed E-state index contributed by atoms with van der Waals surface area (Å²) >= 11 is 0. The summed E-state index contributed by atoms with van der Waals surface area (Å²) in [5.41, 5.74) is 3.58. The highest BCUT2D eigenvalue weighted by Crippen LogP contribution is 2.23. The van der Waals surface area contributed by atoms with Crippen LogP contribution in [0.15, 0.2) is 12.1 Å². The van der Waals surface area contributed by atoms with Gasteiger partial charge in [0.2, 0.25) is 0 Å². The molecule has 4 heteroatoms. The second kappa shape index (κ2) is 7.13. The van der Waals surface area contributed by atoms with Crippen LogP contribution in [-0.4, -0.2) is 30.4 Å². The van der Waals surface area contributed by atoms with Crippen molar-refractivity contribution in [3.63, 3.8) is 0 Å². The van der Waals surface area contributed by atoms with Gasteiger partial charge in [-0.15, -0.1) is 12.4 Å². The third-order valence-corrected chi connectivity index (χ3v) is 3.41. The highest BCUT2D eigenvalue weighted by atomic mass is 35.5. The van der Waals surface area contributed by atoms with Gasteiger partial charge in [0.25, 0.3) is 0 Å². The molecule has 0 radical (unpaired) electrons. The molecule has 1 aromatic carbocycles. The molecule has 0 bridgehead atoms. The van der Waals surface area contributed by atoms with E-state index in [9.17, 15) is 5.11 Å². The minimum atomic E-state index is -0.439. The Bertz CT molecular complexity index is 419. The summed E-state index contributed by atoms with van der Waals surface area (Å²) in [5.74, 6) is 0.887. The third kappa shape index (κ3) is 5.01. The zero-order valence-corrected chi connectivity index (χ0v) is 12.7. The SMILES string of the molecule is Cc1cc(C)c(C)c(OCC(O)CNC2CC2)c1.Cl. The van der Waals surface area contributed by atoms with E-state index < -0.39 is 6.10 Å². The minimum absolute atomic E-state index is 0. The number of nitrogens with one attached hydrogen (secondary N) is 1. The summed E-state index contributed by atoms with van der Waals surface area (Å²) in [6.07, 6.45) is 2.04. The highest BCUT2D eigenvalue weighted by Gasteiger charge is 2.21. The van der Waals surface area contributed by atoms with Crippen molar-refractivity contribution in [3.05, 3.63) is 28.8 Å². The molecule has 1 aromatic rings. The molecule has 1 atom stereocenters. The van der Waals surface area contributed by atoms with E-state index in [0.29, 0.717) is 19.2 Å². The van der Waals surface area contributed by atoms with Gasteiger partial charge in [-0.05, 0) is 56.4 Å². The van der Waals surface area contributed by atoms with Crippen LogP contribution in [-0.2, 0) is 0 Å². The predicted molar refractivity (Wildman–Crippen MR) is 80.4 cm³/mol. The molecule has 3 nitrogen and oxygen atoms in total. The van der Waals surface area contributed by atoms with Crippen LogP contribution >= 0.6 is 12.4 Å². The lowest BCUT2D eigenvalue weighted by Crippen LogP contribution is -2.32. The van der Waals surface area contributed by atoms with Crippen molar-refractivity contribution in [2.45, 2.75) is 45.8 Å². The first-order valence-corrected chi connectivity index (χ1v) is 6.68. The second-order valence-corrected chi connectivity index (χ2v) is 5.35. The first-order chi connectivity index (χ1) is 8.56. The van der Waals surface area contributed by atoms with E-state index in [4.69, 9.17) is 4.74 Å². The molecule has 0 heterocycles. The number of aryl methyl sites for hydroxylation is 2. The fraction of sp³-hybridized carbons (Fsp3) is 0.600. The van der Waals surface area contributed by atoms with Crippen LogP contribution in [0.2, 0.25) is 0 Å². The summed E-state index contributed by atoms with van der Waals surface area (Å²) in [5, 5.41) is 13.1. The molecule has 1 saturated carbocycles. The van der Waals surface area contributed by atoms with E-state index in [1.807, 2.05) is 6.07 Å². The predicted octanol–water partition coefficient (Wildman–Crippen LogP) is 2.53. The van der Waals surface area contributed by atoms with Crippen molar-refractivity contribution >= 4 is 12.4 Å². The van der Waals surface area contributed by atoms with Gasteiger partial charge in [-0.25, -0.2) is 0 Å². The topological polar surface area (TPSA) is 41.5 Å². The van der Waals surface area contributed by atoms with Crippen molar-refractivity contribution in [1.29, 1.82) is 0 Å². The maximum Gasteiger partial charge on any atom is 0.122 e. The Kier molecular flexibility index (Phi) is 6.11. The van der Waals surface area contributed by atoms with E-state index in [1.54, 1.807) is 0 Å².